The molecule has 0 radical (unpaired) electrons. The normalized spacial score (nSPS) is 15.4. The number of carbonyl (C=O) groups is 1. The number of nitrogens with zero attached hydrogens (tertiary/aromatic N) is 5. The number of nitrogens with one attached hydrogen (secondary N) is 1. The molecule has 9 nitrogen and oxygen atoms in total. The highest BCUT2D eigenvalue weighted by Crippen LogP contribution is 2.31. The summed E-state index contributed by atoms with van der Waals surface area (Å²) in [6, 6.07) is 7.89. The molecule has 1 aliphatic rings. The molecule has 0 aliphatic carbocycles. The first-order chi connectivity index (χ1) is 13.7. The molecule has 0 unspecified atom stereocenters. The number of ether oxygens (including phenoxy) is 1. The Hall–Kier alpha value is -3.62. The van der Waals surface area contributed by atoms with Crippen LogP contribution >= 0.6 is 0 Å². The third kappa shape index (κ3) is 2.81. The highest BCUT2D eigenvalue weighted by molar-refractivity contribution is 5.82. The fraction of sp³-hybridized carbons (Fsp3) is 0.263. The first-order valence-electron chi connectivity index (χ1n) is 9.10. The Morgan fingerprint density at radius 2 is 2.07 bits per heavy atom. The lowest BCUT2D eigenvalue weighted by molar-refractivity contribution is 0.124. The first kappa shape index (κ1) is 16.5. The van der Waals surface area contributed by atoms with E-state index in [1.807, 2.05) is 35.1 Å². The minimum absolute atomic E-state index is 0.104. The zero-order valence-electron chi connectivity index (χ0n) is 14.9. The molecule has 5 rings (SSSR count). The number of benzene rings is 1. The summed E-state index contributed by atoms with van der Waals surface area (Å²) in [5, 5.41) is 15.4. The van der Waals surface area contributed by atoms with E-state index < -0.39 is 6.09 Å². The Labute approximate surface area is 159 Å². The number of likely N-dealkylation sites (tertiary alicyclic amines) is 1. The molecule has 0 saturated carbocycles. The Bertz CT molecular complexity index is 1160. The smallest absolute Gasteiger partial charge is 0.407 e. The summed E-state index contributed by atoms with van der Waals surface area (Å²) in [6.07, 6.45) is 5.60. The molecular formula is C19H18N6O3. The number of hydrogen-bond donors (Lipinski definition) is 2. The Morgan fingerprint density at radius 1 is 1.21 bits per heavy atom. The minimum atomic E-state index is -0.874. The largest absolute Gasteiger partial charge is 0.465 e. The first-order valence-corrected chi connectivity index (χ1v) is 9.10. The maximum atomic E-state index is 11.1. The molecule has 4 heterocycles. The van der Waals surface area contributed by atoms with Crippen molar-refractivity contribution in [3.8, 4) is 11.6 Å². The van der Waals surface area contributed by atoms with Gasteiger partial charge < -0.3 is 19.7 Å². The average Bonchev–Trinajstić information content (AvgIpc) is 3.35. The molecule has 0 bridgehead atoms. The zero-order chi connectivity index (χ0) is 19.1. The van der Waals surface area contributed by atoms with Gasteiger partial charge in [0, 0.05) is 30.2 Å². The van der Waals surface area contributed by atoms with Crippen molar-refractivity contribution in [1.82, 2.24) is 29.6 Å². The minimum Gasteiger partial charge on any atom is -0.465 e. The van der Waals surface area contributed by atoms with Crippen molar-refractivity contribution in [3.63, 3.8) is 0 Å². The van der Waals surface area contributed by atoms with Crippen molar-refractivity contribution in [2.45, 2.75) is 18.9 Å². The Kier molecular flexibility index (Phi) is 3.85. The monoisotopic (exact) mass is 378 g/mol. The van der Waals surface area contributed by atoms with Crippen LogP contribution in [0.1, 0.15) is 18.9 Å². The lowest BCUT2D eigenvalue weighted by Crippen LogP contribution is -2.38. The molecule has 0 atom stereocenters. The fourth-order valence-electron chi connectivity index (χ4n) is 3.70. The predicted molar refractivity (Wildman–Crippen MR) is 102 cm³/mol. The van der Waals surface area contributed by atoms with Crippen LogP contribution in [0.2, 0.25) is 0 Å². The second-order valence-corrected chi connectivity index (χ2v) is 6.83. The van der Waals surface area contributed by atoms with Gasteiger partial charge in [0.05, 0.1) is 12.2 Å². The van der Waals surface area contributed by atoms with Gasteiger partial charge in [-0.15, -0.1) is 0 Å². The SMILES string of the molecule is O=C(O)N1CCC(n2ncc3c(Oc4ccc5[nH]ccc5c4)ncnc32)CC1. The maximum absolute atomic E-state index is 11.1. The maximum Gasteiger partial charge on any atom is 0.407 e. The third-order valence-electron chi connectivity index (χ3n) is 5.17. The molecule has 2 N–H and O–H groups in total. The number of piperidine rings is 1. The average molecular weight is 378 g/mol. The van der Waals surface area contributed by atoms with Crippen molar-refractivity contribution < 1.29 is 14.6 Å². The zero-order valence-corrected chi connectivity index (χ0v) is 14.9. The van der Waals surface area contributed by atoms with E-state index in [-0.39, 0.29) is 6.04 Å². The van der Waals surface area contributed by atoms with Gasteiger partial charge in [0.15, 0.2) is 5.65 Å². The molecule has 3 aromatic heterocycles. The van der Waals surface area contributed by atoms with Crippen LogP contribution in [-0.2, 0) is 0 Å². The number of carboxylic acid groups (broad SMARTS) is 1. The van der Waals surface area contributed by atoms with Crippen molar-refractivity contribution in [2.24, 2.45) is 0 Å². The Balaban J connectivity index is 1.43. The van der Waals surface area contributed by atoms with E-state index in [4.69, 9.17) is 9.84 Å². The van der Waals surface area contributed by atoms with Crippen LogP contribution in [0.5, 0.6) is 11.6 Å². The standard InChI is InChI=1S/C19H18N6O3/c26-19(27)24-7-4-13(5-8-24)25-17-15(10-23-25)18(22-11-21-17)28-14-1-2-16-12(9-14)3-6-20-16/h1-3,6,9-11,13,20H,4-5,7-8H2,(H,26,27). The lowest BCUT2D eigenvalue weighted by atomic mass is 10.1. The predicted octanol–water partition coefficient (Wildman–Crippen LogP) is 3.41. The van der Waals surface area contributed by atoms with Crippen LogP contribution < -0.4 is 4.74 Å². The number of fused-ring (bicyclic) bond motifs is 2. The van der Waals surface area contributed by atoms with Crippen LogP contribution in [0.3, 0.4) is 0 Å². The number of amides is 1. The van der Waals surface area contributed by atoms with Crippen molar-refractivity contribution in [1.29, 1.82) is 0 Å². The van der Waals surface area contributed by atoms with E-state index in [0.717, 1.165) is 16.3 Å². The number of aromatic nitrogens is 5. The molecule has 1 amide bonds. The van der Waals surface area contributed by atoms with Gasteiger partial charge in [-0.3, -0.25) is 0 Å². The number of aromatic amines is 1. The summed E-state index contributed by atoms with van der Waals surface area (Å²) in [7, 11) is 0. The van der Waals surface area contributed by atoms with Crippen molar-refractivity contribution >= 4 is 28.0 Å². The van der Waals surface area contributed by atoms with Gasteiger partial charge >= 0.3 is 6.09 Å². The van der Waals surface area contributed by atoms with E-state index in [0.29, 0.717) is 43.2 Å². The van der Waals surface area contributed by atoms with Crippen LogP contribution in [0.4, 0.5) is 4.79 Å². The Morgan fingerprint density at radius 3 is 2.89 bits per heavy atom. The summed E-state index contributed by atoms with van der Waals surface area (Å²) >= 11 is 0. The van der Waals surface area contributed by atoms with Crippen LogP contribution in [-0.4, -0.2) is 53.9 Å². The number of hydrogen-bond acceptors (Lipinski definition) is 5. The molecule has 0 spiro atoms. The summed E-state index contributed by atoms with van der Waals surface area (Å²) in [5.74, 6) is 1.14. The molecule has 142 valence electrons. The number of rotatable bonds is 3. The highest BCUT2D eigenvalue weighted by atomic mass is 16.5. The highest BCUT2D eigenvalue weighted by Gasteiger charge is 2.26. The summed E-state index contributed by atoms with van der Waals surface area (Å²) in [6.45, 7) is 0.985. The molecule has 4 aromatic rings. The quantitative estimate of drug-likeness (QED) is 0.565. The lowest BCUT2D eigenvalue weighted by Gasteiger charge is -2.30. The van der Waals surface area contributed by atoms with Crippen LogP contribution in [0.25, 0.3) is 21.9 Å². The molecule has 9 heteroatoms. The summed E-state index contributed by atoms with van der Waals surface area (Å²) in [4.78, 5) is 24.4. The van der Waals surface area contributed by atoms with Gasteiger partial charge in [-0.2, -0.15) is 5.10 Å². The molecule has 1 aliphatic heterocycles. The van der Waals surface area contributed by atoms with Gasteiger partial charge in [-0.05, 0) is 37.1 Å². The van der Waals surface area contributed by atoms with Crippen LogP contribution in [0, 0.1) is 0 Å². The molecule has 28 heavy (non-hydrogen) atoms. The van der Waals surface area contributed by atoms with Gasteiger partial charge in [0.2, 0.25) is 5.88 Å². The van der Waals surface area contributed by atoms with E-state index in [1.54, 1.807) is 6.20 Å². The summed E-state index contributed by atoms with van der Waals surface area (Å²) < 4.78 is 7.87. The second kappa shape index (κ2) is 6.52. The second-order valence-electron chi connectivity index (χ2n) is 6.83. The fourth-order valence-corrected chi connectivity index (χ4v) is 3.70. The van der Waals surface area contributed by atoms with Crippen LogP contribution in [0.15, 0.2) is 43.0 Å². The molecule has 1 saturated heterocycles. The van der Waals surface area contributed by atoms with Gasteiger partial charge in [-0.25, -0.2) is 19.4 Å². The number of H-pyrrole nitrogens is 1. The topological polar surface area (TPSA) is 109 Å². The van der Waals surface area contributed by atoms with E-state index in [1.165, 1.54) is 11.2 Å². The van der Waals surface area contributed by atoms with Gasteiger partial charge in [-0.1, -0.05) is 0 Å². The summed E-state index contributed by atoms with van der Waals surface area (Å²) in [5.41, 5.74) is 1.74. The van der Waals surface area contributed by atoms with Gasteiger partial charge in [0.1, 0.15) is 17.5 Å². The van der Waals surface area contributed by atoms with Gasteiger partial charge in [0.25, 0.3) is 0 Å². The van der Waals surface area contributed by atoms with Crippen molar-refractivity contribution in [2.75, 3.05) is 13.1 Å². The molecular weight excluding hydrogens is 360 g/mol. The van der Waals surface area contributed by atoms with Crippen molar-refractivity contribution in [3.05, 3.63) is 43.0 Å². The molecule has 1 aromatic carbocycles. The van der Waals surface area contributed by atoms with E-state index in [2.05, 4.69) is 20.1 Å². The molecule has 1 fully saturated rings. The van der Waals surface area contributed by atoms with E-state index in [9.17, 15) is 4.79 Å². The third-order valence-corrected chi connectivity index (χ3v) is 5.17. The van der Waals surface area contributed by atoms with E-state index >= 15 is 0 Å².